The lowest BCUT2D eigenvalue weighted by atomic mass is 10.0. The van der Waals surface area contributed by atoms with Crippen LogP contribution in [-0.4, -0.2) is 44.0 Å². The van der Waals surface area contributed by atoms with Gasteiger partial charge in [-0.1, -0.05) is 36.4 Å². The SMILES string of the molecule is COc1ccc(CCNC(=O)CN2C(=O)c3ccccc3NC2c2ccc(OC)cc2)cc1. The van der Waals surface area contributed by atoms with E-state index in [9.17, 15) is 9.59 Å². The van der Waals surface area contributed by atoms with Crippen LogP contribution in [0.1, 0.15) is 27.7 Å². The zero-order valence-electron chi connectivity index (χ0n) is 18.7. The fourth-order valence-electron chi connectivity index (χ4n) is 3.85. The molecule has 33 heavy (non-hydrogen) atoms. The normalized spacial score (nSPS) is 14.8. The van der Waals surface area contributed by atoms with Crippen molar-refractivity contribution in [3.63, 3.8) is 0 Å². The topological polar surface area (TPSA) is 79.9 Å². The highest BCUT2D eigenvalue weighted by molar-refractivity contribution is 6.03. The van der Waals surface area contributed by atoms with Crippen LogP contribution in [0.4, 0.5) is 5.69 Å². The first-order chi connectivity index (χ1) is 16.1. The molecule has 0 radical (unpaired) electrons. The number of nitrogens with zero attached hydrogens (tertiary/aromatic N) is 1. The molecule has 2 N–H and O–H groups in total. The second kappa shape index (κ2) is 10.1. The van der Waals surface area contributed by atoms with Gasteiger partial charge in [-0.2, -0.15) is 0 Å². The molecule has 0 fully saturated rings. The molecule has 3 aromatic carbocycles. The van der Waals surface area contributed by atoms with Crippen LogP contribution < -0.4 is 20.1 Å². The van der Waals surface area contributed by atoms with Crippen molar-refractivity contribution in [3.05, 3.63) is 89.5 Å². The number of nitrogens with one attached hydrogen (secondary N) is 2. The molecule has 1 atom stereocenters. The molecule has 1 aliphatic rings. The van der Waals surface area contributed by atoms with Crippen molar-refractivity contribution < 1.29 is 19.1 Å². The number of methoxy groups -OCH3 is 2. The van der Waals surface area contributed by atoms with Gasteiger partial charge in [0, 0.05) is 12.2 Å². The molecule has 0 bridgehead atoms. The lowest BCUT2D eigenvalue weighted by Crippen LogP contribution is -2.48. The van der Waals surface area contributed by atoms with E-state index in [1.165, 1.54) is 0 Å². The predicted molar refractivity (Wildman–Crippen MR) is 127 cm³/mol. The van der Waals surface area contributed by atoms with E-state index >= 15 is 0 Å². The number of hydrogen-bond acceptors (Lipinski definition) is 5. The molecule has 0 spiro atoms. The number of amides is 2. The Balaban J connectivity index is 1.46. The largest absolute Gasteiger partial charge is 0.497 e. The van der Waals surface area contributed by atoms with Gasteiger partial charge in [0.15, 0.2) is 0 Å². The van der Waals surface area contributed by atoms with E-state index in [0.717, 1.165) is 28.3 Å². The van der Waals surface area contributed by atoms with Gasteiger partial charge in [-0.3, -0.25) is 9.59 Å². The Morgan fingerprint density at radius 1 is 0.939 bits per heavy atom. The third-order valence-electron chi connectivity index (χ3n) is 5.66. The van der Waals surface area contributed by atoms with E-state index in [1.807, 2.05) is 66.7 Å². The summed E-state index contributed by atoms with van der Waals surface area (Å²) in [6, 6.07) is 22.5. The van der Waals surface area contributed by atoms with Crippen LogP contribution in [-0.2, 0) is 11.2 Å². The van der Waals surface area contributed by atoms with Crippen LogP contribution in [0.2, 0.25) is 0 Å². The molecule has 1 heterocycles. The van der Waals surface area contributed by atoms with Gasteiger partial charge in [0.25, 0.3) is 5.91 Å². The van der Waals surface area contributed by atoms with Gasteiger partial charge in [-0.25, -0.2) is 0 Å². The van der Waals surface area contributed by atoms with Gasteiger partial charge in [0.05, 0.1) is 19.8 Å². The molecule has 0 saturated heterocycles. The Labute approximate surface area is 193 Å². The molecule has 0 saturated carbocycles. The van der Waals surface area contributed by atoms with E-state index in [1.54, 1.807) is 25.2 Å². The first kappa shape index (κ1) is 22.2. The van der Waals surface area contributed by atoms with Crippen molar-refractivity contribution in [3.8, 4) is 11.5 Å². The molecule has 3 aromatic rings. The summed E-state index contributed by atoms with van der Waals surface area (Å²) in [6.45, 7) is 0.421. The maximum Gasteiger partial charge on any atom is 0.258 e. The average molecular weight is 446 g/mol. The molecule has 2 amide bonds. The standard InChI is InChI=1S/C26H27N3O4/c1-32-20-11-7-18(8-12-20)15-16-27-24(30)17-29-25(19-9-13-21(33-2)14-10-19)28-23-6-4-3-5-22(23)26(29)31/h3-14,25,28H,15-17H2,1-2H3,(H,27,30). The Kier molecular flexibility index (Phi) is 6.78. The van der Waals surface area contributed by atoms with Crippen LogP contribution in [0.25, 0.3) is 0 Å². The summed E-state index contributed by atoms with van der Waals surface area (Å²) in [6.07, 6.45) is 0.220. The smallest absolute Gasteiger partial charge is 0.258 e. The van der Waals surface area contributed by atoms with Crippen molar-refractivity contribution >= 4 is 17.5 Å². The predicted octanol–water partition coefficient (Wildman–Crippen LogP) is 3.63. The summed E-state index contributed by atoms with van der Waals surface area (Å²) >= 11 is 0. The van der Waals surface area contributed by atoms with Crippen molar-refractivity contribution in [2.75, 3.05) is 32.6 Å². The number of carbonyl (C=O) groups excluding carboxylic acids is 2. The first-order valence-corrected chi connectivity index (χ1v) is 10.8. The highest BCUT2D eigenvalue weighted by Crippen LogP contribution is 2.33. The summed E-state index contributed by atoms with van der Waals surface area (Å²) in [4.78, 5) is 27.6. The zero-order chi connectivity index (χ0) is 23.2. The van der Waals surface area contributed by atoms with Gasteiger partial charge in [0.2, 0.25) is 5.91 Å². The number of hydrogen-bond donors (Lipinski definition) is 2. The minimum absolute atomic E-state index is 0.0561. The Morgan fingerprint density at radius 3 is 2.24 bits per heavy atom. The van der Waals surface area contributed by atoms with Crippen LogP contribution in [0.15, 0.2) is 72.8 Å². The molecule has 1 unspecified atom stereocenters. The summed E-state index contributed by atoms with van der Waals surface area (Å²) in [5.74, 6) is 1.12. The first-order valence-electron chi connectivity index (χ1n) is 10.8. The number of fused-ring (bicyclic) bond motifs is 1. The molecule has 4 rings (SSSR count). The molecular weight excluding hydrogens is 418 g/mol. The second-order valence-corrected chi connectivity index (χ2v) is 7.75. The van der Waals surface area contributed by atoms with E-state index in [-0.39, 0.29) is 18.4 Å². The second-order valence-electron chi connectivity index (χ2n) is 7.75. The summed E-state index contributed by atoms with van der Waals surface area (Å²) in [7, 11) is 3.24. The van der Waals surface area contributed by atoms with Gasteiger partial charge >= 0.3 is 0 Å². The van der Waals surface area contributed by atoms with Gasteiger partial charge in [-0.15, -0.1) is 0 Å². The number of anilines is 1. The van der Waals surface area contributed by atoms with E-state index < -0.39 is 6.17 Å². The molecule has 170 valence electrons. The van der Waals surface area contributed by atoms with E-state index in [0.29, 0.717) is 18.5 Å². The van der Waals surface area contributed by atoms with E-state index in [4.69, 9.17) is 9.47 Å². The third kappa shape index (κ3) is 5.09. The van der Waals surface area contributed by atoms with Crippen molar-refractivity contribution in [2.24, 2.45) is 0 Å². The fraction of sp³-hybridized carbons (Fsp3) is 0.231. The van der Waals surface area contributed by atoms with Crippen LogP contribution in [0.5, 0.6) is 11.5 Å². The van der Waals surface area contributed by atoms with Crippen molar-refractivity contribution in [2.45, 2.75) is 12.6 Å². The van der Waals surface area contributed by atoms with Gasteiger partial charge in [-0.05, 0) is 53.9 Å². The molecule has 1 aliphatic heterocycles. The minimum Gasteiger partial charge on any atom is -0.497 e. The maximum atomic E-state index is 13.3. The molecule has 0 aromatic heterocycles. The van der Waals surface area contributed by atoms with E-state index in [2.05, 4.69) is 10.6 Å². The monoisotopic (exact) mass is 445 g/mol. The lowest BCUT2D eigenvalue weighted by Gasteiger charge is -2.37. The highest BCUT2D eigenvalue weighted by Gasteiger charge is 2.34. The van der Waals surface area contributed by atoms with Crippen LogP contribution in [0, 0.1) is 0 Å². The van der Waals surface area contributed by atoms with Gasteiger partial charge < -0.3 is 25.0 Å². The molecular formula is C26H27N3O4. The Morgan fingerprint density at radius 2 is 1.58 bits per heavy atom. The Hall–Kier alpha value is -4.00. The molecule has 0 aliphatic carbocycles. The third-order valence-corrected chi connectivity index (χ3v) is 5.66. The fourth-order valence-corrected chi connectivity index (χ4v) is 3.85. The molecule has 7 nitrogen and oxygen atoms in total. The average Bonchev–Trinajstić information content (AvgIpc) is 2.86. The van der Waals surface area contributed by atoms with Gasteiger partial charge in [0.1, 0.15) is 24.2 Å². The molecule has 7 heteroatoms. The van der Waals surface area contributed by atoms with Crippen LogP contribution >= 0.6 is 0 Å². The quantitative estimate of drug-likeness (QED) is 0.554. The van der Waals surface area contributed by atoms with Crippen molar-refractivity contribution in [1.82, 2.24) is 10.2 Å². The number of carbonyl (C=O) groups is 2. The zero-order valence-corrected chi connectivity index (χ0v) is 18.7. The number of para-hydroxylation sites is 1. The summed E-state index contributed by atoms with van der Waals surface area (Å²) in [5, 5.41) is 6.33. The maximum absolute atomic E-state index is 13.3. The number of ether oxygens (including phenoxy) is 2. The lowest BCUT2D eigenvalue weighted by molar-refractivity contribution is -0.122. The minimum atomic E-state index is -0.467. The highest BCUT2D eigenvalue weighted by atomic mass is 16.5. The summed E-state index contributed by atoms with van der Waals surface area (Å²) in [5.41, 5.74) is 3.26. The number of benzene rings is 3. The summed E-state index contributed by atoms with van der Waals surface area (Å²) < 4.78 is 10.4. The Bertz CT molecular complexity index is 1110. The number of rotatable bonds is 8. The van der Waals surface area contributed by atoms with Crippen LogP contribution in [0.3, 0.4) is 0 Å². The van der Waals surface area contributed by atoms with Crippen molar-refractivity contribution in [1.29, 1.82) is 0 Å².